The number of carbonyl (C=O) groups excluding carboxylic acids is 1. The van der Waals surface area contributed by atoms with Gasteiger partial charge in [0, 0.05) is 19.2 Å². The Labute approximate surface area is 128 Å². The fourth-order valence-corrected chi connectivity index (χ4v) is 1.97. The van der Waals surface area contributed by atoms with Crippen LogP contribution in [0.3, 0.4) is 0 Å². The summed E-state index contributed by atoms with van der Waals surface area (Å²) in [6.07, 6.45) is 0.576. The molecule has 0 saturated carbocycles. The van der Waals surface area contributed by atoms with Gasteiger partial charge in [0.15, 0.2) is 11.5 Å². The van der Waals surface area contributed by atoms with Crippen LogP contribution in [0.2, 0.25) is 0 Å². The van der Waals surface area contributed by atoms with Gasteiger partial charge < -0.3 is 14.9 Å². The first-order chi connectivity index (χ1) is 10.4. The predicted molar refractivity (Wildman–Crippen MR) is 79.7 cm³/mol. The van der Waals surface area contributed by atoms with Crippen molar-refractivity contribution >= 4 is 5.91 Å². The van der Waals surface area contributed by atoms with E-state index >= 15 is 0 Å². The van der Waals surface area contributed by atoms with Gasteiger partial charge in [0.2, 0.25) is 0 Å². The van der Waals surface area contributed by atoms with Crippen LogP contribution in [-0.2, 0) is 0 Å². The third kappa shape index (κ3) is 3.92. The molecule has 0 atom stereocenters. The Balaban J connectivity index is 2.05. The summed E-state index contributed by atoms with van der Waals surface area (Å²) in [6, 6.07) is 7.54. The number of aliphatic hydroxyl groups is 1. The second-order valence-electron chi connectivity index (χ2n) is 5.88. The third-order valence-corrected chi connectivity index (χ3v) is 3.40. The number of hydrogen-bond donors (Lipinski definition) is 2. The number of nitrogens with zero attached hydrogens (tertiary/aromatic N) is 1. The quantitative estimate of drug-likeness (QED) is 0.860. The largest absolute Gasteiger partial charge is 0.396 e. The standard InChI is InChI=1S/C16H19FN2O3/c1-16(2,7-8-20)10-18-15(21)13-9-14(22-19-13)11-5-3-4-6-12(11)17/h3-6,9,20H,7-8,10H2,1-2H3,(H,18,21). The lowest BCUT2D eigenvalue weighted by atomic mass is 9.90. The molecular weight excluding hydrogens is 287 g/mol. The molecule has 5 nitrogen and oxygen atoms in total. The summed E-state index contributed by atoms with van der Waals surface area (Å²) in [4.78, 5) is 12.0. The number of halogens is 1. The maximum Gasteiger partial charge on any atom is 0.273 e. The Hall–Kier alpha value is -2.21. The van der Waals surface area contributed by atoms with Crippen molar-refractivity contribution < 1.29 is 18.8 Å². The number of nitrogens with one attached hydrogen (secondary N) is 1. The van der Waals surface area contributed by atoms with Gasteiger partial charge in [-0.15, -0.1) is 0 Å². The normalized spacial score (nSPS) is 11.5. The van der Waals surface area contributed by atoms with Crippen molar-refractivity contribution in [3.8, 4) is 11.3 Å². The summed E-state index contributed by atoms with van der Waals surface area (Å²) in [5.41, 5.74) is 0.135. The van der Waals surface area contributed by atoms with Gasteiger partial charge in [0.25, 0.3) is 5.91 Å². The zero-order valence-electron chi connectivity index (χ0n) is 12.6. The number of aromatic nitrogens is 1. The average Bonchev–Trinajstić information content (AvgIpc) is 2.95. The number of hydrogen-bond acceptors (Lipinski definition) is 4. The van der Waals surface area contributed by atoms with Gasteiger partial charge in [-0.1, -0.05) is 31.1 Å². The van der Waals surface area contributed by atoms with Crippen LogP contribution >= 0.6 is 0 Å². The van der Waals surface area contributed by atoms with Crippen LogP contribution in [0.4, 0.5) is 4.39 Å². The van der Waals surface area contributed by atoms with Gasteiger partial charge in [0.05, 0.1) is 5.56 Å². The SMILES string of the molecule is CC(C)(CCO)CNC(=O)c1cc(-c2ccccc2F)on1. The number of carbonyl (C=O) groups is 1. The van der Waals surface area contributed by atoms with Crippen molar-refractivity contribution in [1.82, 2.24) is 10.5 Å². The van der Waals surface area contributed by atoms with Crippen LogP contribution < -0.4 is 5.32 Å². The molecule has 2 N–H and O–H groups in total. The highest BCUT2D eigenvalue weighted by atomic mass is 19.1. The summed E-state index contributed by atoms with van der Waals surface area (Å²) in [5, 5.41) is 15.4. The highest BCUT2D eigenvalue weighted by molar-refractivity contribution is 5.93. The van der Waals surface area contributed by atoms with E-state index in [1.165, 1.54) is 12.1 Å². The van der Waals surface area contributed by atoms with E-state index in [9.17, 15) is 9.18 Å². The molecule has 0 spiro atoms. The van der Waals surface area contributed by atoms with Gasteiger partial charge in [-0.25, -0.2) is 4.39 Å². The first-order valence-corrected chi connectivity index (χ1v) is 7.03. The molecule has 1 aromatic heterocycles. The molecule has 2 rings (SSSR count). The van der Waals surface area contributed by atoms with Crippen LogP contribution in [0, 0.1) is 11.2 Å². The van der Waals surface area contributed by atoms with Crippen LogP contribution in [0.15, 0.2) is 34.9 Å². The van der Waals surface area contributed by atoms with Gasteiger partial charge >= 0.3 is 0 Å². The van der Waals surface area contributed by atoms with E-state index in [1.807, 2.05) is 13.8 Å². The second kappa shape index (κ2) is 6.70. The fraction of sp³-hybridized carbons (Fsp3) is 0.375. The lowest BCUT2D eigenvalue weighted by molar-refractivity contribution is 0.0919. The van der Waals surface area contributed by atoms with Crippen molar-refractivity contribution in [3.63, 3.8) is 0 Å². The van der Waals surface area contributed by atoms with Gasteiger partial charge in [-0.05, 0) is 24.0 Å². The molecule has 0 fully saturated rings. The van der Waals surface area contributed by atoms with Gasteiger partial charge in [-0.2, -0.15) is 0 Å². The molecule has 0 unspecified atom stereocenters. The maximum absolute atomic E-state index is 13.7. The molecule has 0 saturated heterocycles. The molecule has 1 aromatic carbocycles. The van der Waals surface area contributed by atoms with E-state index in [4.69, 9.17) is 9.63 Å². The molecule has 0 aliphatic rings. The van der Waals surface area contributed by atoms with Gasteiger partial charge in [-0.3, -0.25) is 4.79 Å². The van der Waals surface area contributed by atoms with E-state index in [1.54, 1.807) is 18.2 Å². The monoisotopic (exact) mass is 306 g/mol. The van der Waals surface area contributed by atoms with E-state index in [0.29, 0.717) is 13.0 Å². The molecule has 0 aliphatic carbocycles. The minimum atomic E-state index is -0.435. The highest BCUT2D eigenvalue weighted by Crippen LogP contribution is 2.23. The first kappa shape index (κ1) is 16.2. The van der Waals surface area contributed by atoms with E-state index < -0.39 is 11.7 Å². The number of amides is 1. The molecule has 1 amide bonds. The molecule has 1 heterocycles. The topological polar surface area (TPSA) is 75.4 Å². The van der Waals surface area contributed by atoms with E-state index in [-0.39, 0.29) is 29.0 Å². The van der Waals surface area contributed by atoms with Crippen molar-refractivity contribution in [2.24, 2.45) is 5.41 Å². The smallest absolute Gasteiger partial charge is 0.273 e. The molecule has 22 heavy (non-hydrogen) atoms. The highest BCUT2D eigenvalue weighted by Gasteiger charge is 2.20. The lowest BCUT2D eigenvalue weighted by Gasteiger charge is -2.23. The summed E-state index contributed by atoms with van der Waals surface area (Å²) in [6.45, 7) is 4.34. The summed E-state index contributed by atoms with van der Waals surface area (Å²) in [5.74, 6) is -0.620. The molecule has 0 radical (unpaired) electrons. The number of rotatable bonds is 6. The minimum absolute atomic E-state index is 0.0598. The molecule has 0 bridgehead atoms. The first-order valence-electron chi connectivity index (χ1n) is 7.03. The van der Waals surface area contributed by atoms with Crippen LogP contribution in [0.1, 0.15) is 30.8 Å². The summed E-state index contributed by atoms with van der Waals surface area (Å²) in [7, 11) is 0. The Kier molecular flexibility index (Phi) is 4.92. The average molecular weight is 306 g/mol. The Morgan fingerprint density at radius 2 is 2.14 bits per heavy atom. The molecule has 6 heteroatoms. The van der Waals surface area contributed by atoms with Crippen LogP contribution in [0.5, 0.6) is 0 Å². The Bertz CT molecular complexity index is 652. The fourth-order valence-electron chi connectivity index (χ4n) is 1.97. The third-order valence-electron chi connectivity index (χ3n) is 3.40. The zero-order valence-corrected chi connectivity index (χ0v) is 12.6. The Morgan fingerprint density at radius 3 is 2.82 bits per heavy atom. The van der Waals surface area contributed by atoms with Crippen molar-refractivity contribution in [2.75, 3.05) is 13.2 Å². The number of benzene rings is 1. The Morgan fingerprint density at radius 1 is 1.41 bits per heavy atom. The summed E-state index contributed by atoms with van der Waals surface area (Å²) < 4.78 is 18.7. The number of aliphatic hydroxyl groups excluding tert-OH is 1. The lowest BCUT2D eigenvalue weighted by Crippen LogP contribution is -2.34. The van der Waals surface area contributed by atoms with E-state index in [0.717, 1.165) is 0 Å². The van der Waals surface area contributed by atoms with Crippen molar-refractivity contribution in [1.29, 1.82) is 0 Å². The minimum Gasteiger partial charge on any atom is -0.396 e. The second-order valence-corrected chi connectivity index (χ2v) is 5.88. The van der Waals surface area contributed by atoms with Crippen LogP contribution in [-0.4, -0.2) is 29.3 Å². The zero-order chi connectivity index (χ0) is 16.2. The molecule has 118 valence electrons. The molecular formula is C16H19FN2O3. The molecule has 0 aliphatic heterocycles. The van der Waals surface area contributed by atoms with Gasteiger partial charge in [0.1, 0.15) is 5.82 Å². The maximum atomic E-state index is 13.7. The predicted octanol–water partition coefficient (Wildman–Crippen LogP) is 2.62. The summed E-state index contributed by atoms with van der Waals surface area (Å²) >= 11 is 0. The van der Waals surface area contributed by atoms with Crippen molar-refractivity contribution in [2.45, 2.75) is 20.3 Å². The molecule has 2 aromatic rings. The van der Waals surface area contributed by atoms with Crippen molar-refractivity contribution in [3.05, 3.63) is 41.8 Å². The van der Waals surface area contributed by atoms with E-state index in [2.05, 4.69) is 10.5 Å². The van der Waals surface area contributed by atoms with Crippen LogP contribution in [0.25, 0.3) is 11.3 Å².